The molecule has 0 aromatic heterocycles. The summed E-state index contributed by atoms with van der Waals surface area (Å²) in [6, 6.07) is 0. The third kappa shape index (κ3) is 36.1. The molecule has 0 aromatic carbocycles. The van der Waals surface area contributed by atoms with Crippen LogP contribution in [-0.4, -0.2) is 43.3 Å². The maximum atomic E-state index is 12.5. The van der Waals surface area contributed by atoms with Crippen molar-refractivity contribution in [2.24, 2.45) is 0 Å². The Bertz CT molecular complexity index is 859. The lowest BCUT2D eigenvalue weighted by Gasteiger charge is -2.19. The molecule has 9 heteroatoms. The van der Waals surface area contributed by atoms with Crippen molar-refractivity contribution in [3.63, 3.8) is 0 Å². The van der Waals surface area contributed by atoms with Crippen LogP contribution in [0.4, 0.5) is 0 Å². The standard InChI is InChI=1S/C40H75O8P/c1-4-6-8-10-12-14-16-18-20-22-24-26-28-30-32-34-39(41)46-36-38(37-47-49(43,44)45-3)48-40(42)35-33-31-29-27-25-23-21-19-17-15-13-11-9-7-5-2/h18-21,38H,4-17,22-37H2,1-3H3,(H,43,44)/t38-/m1/s1. The minimum atomic E-state index is -4.26. The summed E-state index contributed by atoms with van der Waals surface area (Å²) in [4.78, 5) is 34.4. The summed E-state index contributed by atoms with van der Waals surface area (Å²) in [7, 11) is -3.20. The molecular weight excluding hydrogens is 639 g/mol. The molecule has 0 bridgehead atoms. The lowest BCUT2D eigenvalue weighted by molar-refractivity contribution is -0.161. The third-order valence-corrected chi connectivity index (χ3v) is 9.60. The number of carbonyl (C=O) groups is 2. The summed E-state index contributed by atoms with van der Waals surface area (Å²) in [5.41, 5.74) is 0. The molecule has 0 spiro atoms. The highest BCUT2D eigenvalue weighted by atomic mass is 31.2. The van der Waals surface area contributed by atoms with Crippen LogP contribution in [0.3, 0.4) is 0 Å². The summed E-state index contributed by atoms with van der Waals surface area (Å²) >= 11 is 0. The lowest BCUT2D eigenvalue weighted by atomic mass is 10.1. The molecule has 288 valence electrons. The average molecular weight is 715 g/mol. The highest BCUT2D eigenvalue weighted by molar-refractivity contribution is 7.47. The van der Waals surface area contributed by atoms with Crippen molar-refractivity contribution >= 4 is 19.8 Å². The van der Waals surface area contributed by atoms with Crippen molar-refractivity contribution in [2.45, 2.75) is 200 Å². The van der Waals surface area contributed by atoms with Gasteiger partial charge >= 0.3 is 19.8 Å². The SMILES string of the molecule is CCCCCCCCC=CCCCCCCCC(=O)OC[C@H](COP(=O)(O)OC)OC(=O)CCCCCCCC=CCCCCCCCC. The Morgan fingerprint density at radius 3 is 1.33 bits per heavy atom. The number of ether oxygens (including phenoxy) is 2. The number of esters is 2. The predicted molar refractivity (Wildman–Crippen MR) is 203 cm³/mol. The van der Waals surface area contributed by atoms with Gasteiger partial charge in [-0.2, -0.15) is 0 Å². The van der Waals surface area contributed by atoms with Gasteiger partial charge in [0.2, 0.25) is 0 Å². The first-order valence-electron chi connectivity index (χ1n) is 20.0. The Kier molecular flexibility index (Phi) is 35.2. The lowest BCUT2D eigenvalue weighted by Crippen LogP contribution is -2.29. The number of phosphoric acid groups is 1. The van der Waals surface area contributed by atoms with E-state index >= 15 is 0 Å². The molecule has 0 amide bonds. The van der Waals surface area contributed by atoms with Gasteiger partial charge in [-0.25, -0.2) is 4.57 Å². The van der Waals surface area contributed by atoms with Gasteiger partial charge < -0.3 is 14.4 Å². The van der Waals surface area contributed by atoms with Crippen LogP contribution in [0.25, 0.3) is 0 Å². The number of hydrogen-bond acceptors (Lipinski definition) is 7. The molecule has 1 unspecified atom stereocenters. The van der Waals surface area contributed by atoms with E-state index in [0.717, 1.165) is 77.7 Å². The second kappa shape index (κ2) is 36.3. The van der Waals surface area contributed by atoms with Crippen LogP contribution in [0.1, 0.15) is 194 Å². The van der Waals surface area contributed by atoms with E-state index in [1.54, 1.807) is 0 Å². The fourth-order valence-electron chi connectivity index (χ4n) is 5.53. The van der Waals surface area contributed by atoms with E-state index in [1.165, 1.54) is 89.9 Å². The zero-order valence-corrected chi connectivity index (χ0v) is 32.7. The number of rotatable bonds is 37. The van der Waals surface area contributed by atoms with Gasteiger partial charge in [0.15, 0.2) is 6.10 Å². The first-order chi connectivity index (χ1) is 23.8. The molecule has 0 aromatic rings. The third-order valence-electron chi connectivity index (χ3n) is 8.67. The number of phosphoric ester groups is 1. The van der Waals surface area contributed by atoms with Gasteiger partial charge in [0.05, 0.1) is 6.61 Å². The second-order valence-corrected chi connectivity index (χ2v) is 15.0. The normalized spacial score (nSPS) is 13.6. The van der Waals surface area contributed by atoms with Crippen LogP contribution >= 0.6 is 7.82 Å². The van der Waals surface area contributed by atoms with Gasteiger partial charge in [0.1, 0.15) is 6.61 Å². The molecule has 0 heterocycles. The van der Waals surface area contributed by atoms with Crippen LogP contribution in [0.5, 0.6) is 0 Å². The van der Waals surface area contributed by atoms with E-state index in [2.05, 4.69) is 42.7 Å². The maximum Gasteiger partial charge on any atom is 0.472 e. The maximum absolute atomic E-state index is 12.5. The number of unbranched alkanes of at least 4 members (excludes halogenated alkanes) is 22. The van der Waals surface area contributed by atoms with Crippen molar-refractivity contribution in [1.29, 1.82) is 0 Å². The molecule has 0 fully saturated rings. The van der Waals surface area contributed by atoms with E-state index in [9.17, 15) is 19.0 Å². The smallest absolute Gasteiger partial charge is 0.462 e. The van der Waals surface area contributed by atoms with Gasteiger partial charge in [0, 0.05) is 20.0 Å². The first-order valence-corrected chi connectivity index (χ1v) is 21.5. The monoisotopic (exact) mass is 715 g/mol. The predicted octanol–water partition coefficient (Wildman–Crippen LogP) is 12.3. The van der Waals surface area contributed by atoms with Crippen LogP contribution in [-0.2, 0) is 32.7 Å². The Labute approximate surface area is 301 Å². The fraction of sp³-hybridized carbons (Fsp3) is 0.850. The van der Waals surface area contributed by atoms with Crippen molar-refractivity contribution < 1.29 is 37.6 Å². The fourth-order valence-corrected chi connectivity index (χ4v) is 5.99. The number of carbonyl (C=O) groups excluding carboxylic acids is 2. The highest BCUT2D eigenvalue weighted by Gasteiger charge is 2.24. The summed E-state index contributed by atoms with van der Waals surface area (Å²) in [5.74, 6) is -0.820. The number of hydrogen-bond donors (Lipinski definition) is 1. The molecule has 49 heavy (non-hydrogen) atoms. The zero-order chi connectivity index (χ0) is 36.1. The van der Waals surface area contributed by atoms with E-state index in [1.807, 2.05) is 0 Å². The van der Waals surface area contributed by atoms with Crippen LogP contribution in [0.15, 0.2) is 24.3 Å². The molecule has 0 radical (unpaired) electrons. The van der Waals surface area contributed by atoms with Crippen molar-refractivity contribution in [3.05, 3.63) is 24.3 Å². The molecule has 2 atom stereocenters. The summed E-state index contributed by atoms with van der Waals surface area (Å²) in [6.45, 7) is 3.86. The summed E-state index contributed by atoms with van der Waals surface area (Å²) < 4.78 is 31.9. The largest absolute Gasteiger partial charge is 0.472 e. The van der Waals surface area contributed by atoms with E-state index < -0.39 is 26.5 Å². The van der Waals surface area contributed by atoms with Gasteiger partial charge in [0.25, 0.3) is 0 Å². The summed E-state index contributed by atoms with van der Waals surface area (Å²) in [6.07, 6.45) is 39.4. The highest BCUT2D eigenvalue weighted by Crippen LogP contribution is 2.42. The molecule has 1 N–H and O–H groups in total. The molecule has 0 rings (SSSR count). The quantitative estimate of drug-likeness (QED) is 0.0293. The van der Waals surface area contributed by atoms with Crippen LogP contribution in [0.2, 0.25) is 0 Å². The summed E-state index contributed by atoms with van der Waals surface area (Å²) in [5, 5.41) is 0. The Morgan fingerprint density at radius 1 is 0.551 bits per heavy atom. The van der Waals surface area contributed by atoms with Crippen molar-refractivity contribution in [1.82, 2.24) is 0 Å². The number of allylic oxidation sites excluding steroid dienone is 4. The van der Waals surface area contributed by atoms with Gasteiger partial charge in [-0.15, -0.1) is 0 Å². The van der Waals surface area contributed by atoms with Crippen molar-refractivity contribution in [3.8, 4) is 0 Å². The minimum absolute atomic E-state index is 0.230. The molecule has 0 aliphatic rings. The minimum Gasteiger partial charge on any atom is -0.462 e. The first kappa shape index (κ1) is 47.5. The second-order valence-electron chi connectivity index (χ2n) is 13.4. The van der Waals surface area contributed by atoms with Crippen LogP contribution in [0, 0.1) is 0 Å². The molecular formula is C40H75O8P. The molecule has 0 aliphatic heterocycles. The van der Waals surface area contributed by atoms with Gasteiger partial charge in [-0.3, -0.25) is 18.6 Å². The molecule has 0 saturated heterocycles. The Hall–Kier alpha value is -1.47. The molecule has 0 aliphatic carbocycles. The molecule has 8 nitrogen and oxygen atoms in total. The van der Waals surface area contributed by atoms with E-state index in [0.29, 0.717) is 6.42 Å². The van der Waals surface area contributed by atoms with Crippen LogP contribution < -0.4 is 0 Å². The zero-order valence-electron chi connectivity index (χ0n) is 31.9. The van der Waals surface area contributed by atoms with E-state index in [-0.39, 0.29) is 25.4 Å². The Balaban J connectivity index is 4.05. The molecule has 0 saturated carbocycles. The van der Waals surface area contributed by atoms with Gasteiger partial charge in [-0.1, -0.05) is 141 Å². The van der Waals surface area contributed by atoms with Crippen molar-refractivity contribution in [2.75, 3.05) is 20.3 Å². The van der Waals surface area contributed by atoms with E-state index in [4.69, 9.17) is 14.0 Å². The Morgan fingerprint density at radius 2 is 0.918 bits per heavy atom. The topological polar surface area (TPSA) is 108 Å². The average Bonchev–Trinajstić information content (AvgIpc) is 3.09. The van der Waals surface area contributed by atoms with Gasteiger partial charge in [-0.05, 0) is 64.2 Å².